The van der Waals surface area contributed by atoms with Crippen LogP contribution in [0.2, 0.25) is 0 Å². The molecule has 2 heterocycles. The summed E-state index contributed by atoms with van der Waals surface area (Å²) in [6, 6.07) is 6.91. The minimum absolute atomic E-state index is 0.0196. The fourth-order valence-electron chi connectivity index (χ4n) is 3.32. The summed E-state index contributed by atoms with van der Waals surface area (Å²) >= 11 is 3.63. The molecule has 3 atom stereocenters. The molecule has 2 fully saturated rings. The number of halogens is 1. The van der Waals surface area contributed by atoms with Gasteiger partial charge in [-0.15, -0.1) is 0 Å². The number of carbonyl (C=O) groups excluding carboxylic acids is 2. The van der Waals surface area contributed by atoms with Gasteiger partial charge in [0.1, 0.15) is 6.04 Å². The number of carbonyl (C=O) groups is 2. The third kappa shape index (κ3) is 4.19. The van der Waals surface area contributed by atoms with Gasteiger partial charge in [0.05, 0.1) is 16.2 Å². The molecule has 7 nitrogen and oxygen atoms in total. The van der Waals surface area contributed by atoms with Crippen LogP contribution in [0.4, 0.5) is 16.2 Å². The Hall–Kier alpha value is -1.64. The molecule has 2 saturated heterocycles. The quantitative estimate of drug-likeness (QED) is 0.560. The molecule has 0 spiro atoms. The van der Waals surface area contributed by atoms with E-state index in [0.29, 0.717) is 17.3 Å². The highest BCUT2D eigenvalue weighted by molar-refractivity contribution is 9.09. The molecule has 142 valence electrons. The molecule has 2 aliphatic heterocycles. The summed E-state index contributed by atoms with van der Waals surface area (Å²) in [5, 5.41) is 5.84. The second-order valence-corrected chi connectivity index (χ2v) is 8.20. The lowest BCUT2D eigenvalue weighted by Crippen LogP contribution is -2.42. The van der Waals surface area contributed by atoms with Crippen molar-refractivity contribution in [3.05, 3.63) is 24.3 Å². The van der Waals surface area contributed by atoms with Crippen molar-refractivity contribution in [3.8, 4) is 0 Å². The topological polar surface area (TPSA) is 85.5 Å². The van der Waals surface area contributed by atoms with Crippen LogP contribution in [0.25, 0.3) is 0 Å². The van der Waals surface area contributed by atoms with Gasteiger partial charge >= 0.3 is 6.03 Å². The van der Waals surface area contributed by atoms with Crippen molar-refractivity contribution < 1.29 is 9.59 Å². The number of urea groups is 1. The van der Waals surface area contributed by atoms with Crippen molar-refractivity contribution >= 4 is 39.2 Å². The van der Waals surface area contributed by atoms with Crippen molar-refractivity contribution in [2.24, 2.45) is 5.92 Å². The molecule has 26 heavy (non-hydrogen) atoms. The third-order valence-corrected chi connectivity index (χ3v) is 5.99. The Morgan fingerprint density at radius 2 is 1.73 bits per heavy atom. The van der Waals surface area contributed by atoms with E-state index in [4.69, 9.17) is 0 Å². The van der Waals surface area contributed by atoms with E-state index in [-0.39, 0.29) is 22.8 Å². The summed E-state index contributed by atoms with van der Waals surface area (Å²) in [5.74, 6) is 0.238. The highest BCUT2D eigenvalue weighted by atomic mass is 79.9. The highest BCUT2D eigenvalue weighted by Crippen LogP contribution is 2.25. The van der Waals surface area contributed by atoms with Crippen LogP contribution in [0.1, 0.15) is 26.7 Å². The van der Waals surface area contributed by atoms with E-state index in [2.05, 4.69) is 51.3 Å². The average Bonchev–Trinajstić information content (AvgIpc) is 3.26. The van der Waals surface area contributed by atoms with Crippen LogP contribution in [-0.2, 0) is 4.79 Å². The maximum Gasteiger partial charge on any atom is 0.321 e. The summed E-state index contributed by atoms with van der Waals surface area (Å²) in [6.07, 6.45) is 2.08. The Bertz CT molecular complexity index is 663. The number of benzene rings is 1. The fourth-order valence-corrected chi connectivity index (χ4v) is 4.44. The Kier molecular flexibility index (Phi) is 6.16. The van der Waals surface area contributed by atoms with E-state index in [0.717, 1.165) is 25.9 Å². The summed E-state index contributed by atoms with van der Waals surface area (Å²) in [4.78, 5) is 26.8. The van der Waals surface area contributed by atoms with Gasteiger partial charge in [0.25, 0.3) is 0 Å². The minimum atomic E-state index is -0.398. The molecule has 0 saturated carbocycles. The summed E-state index contributed by atoms with van der Waals surface area (Å²) in [6.45, 7) is 5.77. The number of hydrogen-bond acceptors (Lipinski definition) is 4. The standard InChI is InChI=1S/C18H26BrN5O2/c1-11(2)15-14(19)16(23-22-15)17(25)20-12-7-3-4-8-13(12)21-18(26)24-9-5-6-10-24/h3-4,7-8,11,14-16,22-23H,5-6,9-10H2,1-2H3,(H,20,25)(H,21,26). The van der Waals surface area contributed by atoms with Crippen LogP contribution in [0.15, 0.2) is 24.3 Å². The van der Waals surface area contributed by atoms with Crippen molar-refractivity contribution in [2.75, 3.05) is 23.7 Å². The third-order valence-electron chi connectivity index (χ3n) is 4.89. The van der Waals surface area contributed by atoms with Gasteiger partial charge in [0.15, 0.2) is 0 Å². The molecule has 0 radical (unpaired) electrons. The first kappa shape index (κ1) is 19.1. The Labute approximate surface area is 162 Å². The van der Waals surface area contributed by atoms with Crippen molar-refractivity contribution in [1.29, 1.82) is 0 Å². The van der Waals surface area contributed by atoms with Gasteiger partial charge in [0, 0.05) is 19.1 Å². The lowest BCUT2D eigenvalue weighted by atomic mass is 9.99. The molecule has 1 aromatic rings. The molecule has 8 heteroatoms. The number of nitrogens with one attached hydrogen (secondary N) is 4. The van der Waals surface area contributed by atoms with E-state index in [1.165, 1.54) is 0 Å². The number of alkyl halides is 1. The first-order chi connectivity index (χ1) is 12.5. The zero-order valence-electron chi connectivity index (χ0n) is 15.1. The molecule has 4 N–H and O–H groups in total. The second-order valence-electron chi connectivity index (χ2n) is 7.14. The van der Waals surface area contributed by atoms with Crippen LogP contribution in [0.5, 0.6) is 0 Å². The van der Waals surface area contributed by atoms with Crippen LogP contribution in [-0.4, -0.2) is 46.8 Å². The largest absolute Gasteiger partial charge is 0.325 e. The molecule has 0 aromatic heterocycles. The van der Waals surface area contributed by atoms with Gasteiger partial charge in [-0.3, -0.25) is 10.2 Å². The maximum absolute atomic E-state index is 12.7. The molecule has 1 aromatic carbocycles. The first-order valence-electron chi connectivity index (χ1n) is 9.08. The normalized spacial score (nSPS) is 25.5. The lowest BCUT2D eigenvalue weighted by Gasteiger charge is -2.21. The van der Waals surface area contributed by atoms with Crippen LogP contribution < -0.4 is 21.5 Å². The van der Waals surface area contributed by atoms with E-state index in [1.807, 2.05) is 12.1 Å². The number of amides is 3. The summed E-state index contributed by atoms with van der Waals surface area (Å²) in [5.41, 5.74) is 7.43. The second kappa shape index (κ2) is 8.37. The molecule has 3 unspecified atom stereocenters. The molecule has 3 rings (SSSR count). The molecule has 3 amide bonds. The first-order valence-corrected chi connectivity index (χ1v) is 10.00. The van der Waals surface area contributed by atoms with Crippen molar-refractivity contribution in [1.82, 2.24) is 15.8 Å². The molecule has 0 bridgehead atoms. The van der Waals surface area contributed by atoms with Gasteiger partial charge in [0.2, 0.25) is 5.91 Å². The lowest BCUT2D eigenvalue weighted by molar-refractivity contribution is -0.117. The SMILES string of the molecule is CC(C)C1NNC(C(=O)Nc2ccccc2NC(=O)N2CCCC2)C1Br. The highest BCUT2D eigenvalue weighted by Gasteiger charge is 2.39. The van der Waals surface area contributed by atoms with Gasteiger partial charge in [-0.05, 0) is 30.9 Å². The van der Waals surface area contributed by atoms with Crippen LogP contribution in [0.3, 0.4) is 0 Å². The summed E-state index contributed by atoms with van der Waals surface area (Å²) < 4.78 is 0. The average molecular weight is 424 g/mol. The van der Waals surface area contributed by atoms with Gasteiger partial charge in [-0.25, -0.2) is 10.2 Å². The van der Waals surface area contributed by atoms with E-state index in [9.17, 15) is 9.59 Å². The minimum Gasteiger partial charge on any atom is -0.325 e. The fraction of sp³-hybridized carbons (Fsp3) is 0.556. The van der Waals surface area contributed by atoms with Gasteiger partial charge < -0.3 is 15.5 Å². The van der Waals surface area contributed by atoms with Crippen molar-refractivity contribution in [3.63, 3.8) is 0 Å². The maximum atomic E-state index is 12.7. The molecular weight excluding hydrogens is 398 g/mol. The number of hydrazine groups is 1. The van der Waals surface area contributed by atoms with Gasteiger partial charge in [-0.2, -0.15) is 0 Å². The predicted octanol–water partition coefficient (Wildman–Crippen LogP) is 2.52. The Morgan fingerprint density at radius 1 is 1.12 bits per heavy atom. The van der Waals surface area contributed by atoms with Crippen LogP contribution in [0, 0.1) is 5.92 Å². The predicted molar refractivity (Wildman–Crippen MR) is 106 cm³/mol. The van der Waals surface area contributed by atoms with Crippen LogP contribution >= 0.6 is 15.9 Å². The van der Waals surface area contributed by atoms with E-state index >= 15 is 0 Å². The zero-order chi connectivity index (χ0) is 18.7. The number of nitrogens with zero attached hydrogens (tertiary/aromatic N) is 1. The number of hydrogen-bond donors (Lipinski definition) is 4. The van der Waals surface area contributed by atoms with Gasteiger partial charge in [-0.1, -0.05) is 41.9 Å². The number of anilines is 2. The molecular formula is C18H26BrN5O2. The Morgan fingerprint density at radius 3 is 2.31 bits per heavy atom. The number of rotatable bonds is 4. The number of likely N-dealkylation sites (tertiary alicyclic amines) is 1. The van der Waals surface area contributed by atoms with E-state index in [1.54, 1.807) is 17.0 Å². The smallest absolute Gasteiger partial charge is 0.321 e. The zero-order valence-corrected chi connectivity index (χ0v) is 16.7. The number of para-hydroxylation sites is 2. The monoisotopic (exact) mass is 423 g/mol. The van der Waals surface area contributed by atoms with E-state index < -0.39 is 6.04 Å². The Balaban J connectivity index is 1.66. The molecule has 2 aliphatic rings. The summed E-state index contributed by atoms with van der Waals surface area (Å²) in [7, 11) is 0. The molecule has 0 aliphatic carbocycles. The van der Waals surface area contributed by atoms with Crippen molar-refractivity contribution in [2.45, 2.75) is 43.6 Å².